The molecule has 0 atom stereocenters. The maximum absolute atomic E-state index is 13.6. The second kappa shape index (κ2) is 8.16. The topological polar surface area (TPSA) is 74.4 Å². The third-order valence-corrected chi connectivity index (χ3v) is 6.59. The zero-order valence-corrected chi connectivity index (χ0v) is 19.5. The molecule has 1 aromatic carbocycles. The molecule has 0 saturated heterocycles. The number of benzene rings is 1. The van der Waals surface area contributed by atoms with Crippen LogP contribution in [0.3, 0.4) is 0 Å². The molecule has 6 rings (SSSR count). The van der Waals surface area contributed by atoms with E-state index in [0.717, 1.165) is 56.4 Å². The van der Waals surface area contributed by atoms with Crippen molar-refractivity contribution >= 4 is 23.5 Å². The molecule has 0 amide bonds. The van der Waals surface area contributed by atoms with Crippen molar-refractivity contribution in [3.63, 3.8) is 0 Å². The summed E-state index contributed by atoms with van der Waals surface area (Å²) < 4.78 is 17.5. The van der Waals surface area contributed by atoms with Gasteiger partial charge in [-0.3, -0.25) is 9.67 Å². The van der Waals surface area contributed by atoms with Crippen LogP contribution < -0.4 is 20.8 Å². The summed E-state index contributed by atoms with van der Waals surface area (Å²) >= 11 is 0. The predicted octanol–water partition coefficient (Wildman–Crippen LogP) is 2.62. The summed E-state index contributed by atoms with van der Waals surface area (Å²) in [5.41, 5.74) is 5.24. The summed E-state index contributed by atoms with van der Waals surface area (Å²) in [6.45, 7) is 3.93. The molecule has 7 nitrogen and oxygen atoms in total. The number of nitrogens with one attached hydrogen (secondary N) is 1. The Morgan fingerprint density at radius 3 is 2.71 bits per heavy atom. The SMILES string of the molecule is CCn1ccc(CN=c2ccn(C)c3c2C=CC2=c4c-3c(O)[nH]c4=CCN2c2ccc(F)cc2)n1. The van der Waals surface area contributed by atoms with E-state index in [2.05, 4.69) is 34.1 Å². The lowest BCUT2D eigenvalue weighted by Gasteiger charge is -2.26. The Kier molecular flexibility index (Phi) is 4.95. The van der Waals surface area contributed by atoms with Gasteiger partial charge in [-0.05, 0) is 61.5 Å². The molecule has 176 valence electrons. The number of hydrogen-bond acceptors (Lipinski definition) is 4. The van der Waals surface area contributed by atoms with Crippen molar-refractivity contribution in [2.24, 2.45) is 12.0 Å². The van der Waals surface area contributed by atoms with Crippen LogP contribution in [-0.4, -0.2) is 31.0 Å². The molecule has 2 aliphatic rings. The number of H-pyrrole nitrogens is 1. The lowest BCUT2D eigenvalue weighted by molar-refractivity contribution is 0.457. The second-order valence-corrected chi connectivity index (χ2v) is 8.70. The van der Waals surface area contributed by atoms with Crippen LogP contribution in [0.2, 0.25) is 0 Å². The van der Waals surface area contributed by atoms with Crippen molar-refractivity contribution in [1.82, 2.24) is 19.3 Å². The van der Waals surface area contributed by atoms with Gasteiger partial charge in [0, 0.05) is 54.3 Å². The zero-order valence-electron chi connectivity index (χ0n) is 19.5. The Hall–Kier alpha value is -4.33. The van der Waals surface area contributed by atoms with E-state index < -0.39 is 0 Å². The number of aromatic hydroxyl groups is 1. The van der Waals surface area contributed by atoms with Gasteiger partial charge < -0.3 is 19.6 Å². The molecule has 0 unspecified atom stereocenters. The number of anilines is 1. The highest BCUT2D eigenvalue weighted by Crippen LogP contribution is 2.31. The molecule has 3 aromatic heterocycles. The zero-order chi connectivity index (χ0) is 24.1. The van der Waals surface area contributed by atoms with Crippen LogP contribution in [0.25, 0.3) is 29.1 Å². The summed E-state index contributed by atoms with van der Waals surface area (Å²) in [5.74, 6) is -0.157. The fraction of sp³-hybridized carbons (Fsp3) is 0.185. The van der Waals surface area contributed by atoms with Crippen LogP contribution in [0.4, 0.5) is 10.1 Å². The lowest BCUT2D eigenvalue weighted by Crippen LogP contribution is -2.39. The molecule has 0 spiro atoms. The summed E-state index contributed by atoms with van der Waals surface area (Å²) in [4.78, 5) is 10.2. The first kappa shape index (κ1) is 21.2. The standard InChI is InChI=1S/C27H25FN6O/c1-3-33-14-10-18(31-33)16-29-21-11-13-32(2)26-20(21)8-9-23-24-22(30-27(35)25(24)26)12-15-34(23)19-6-4-17(28)5-7-19/h4-14,30,35H,3,15-16H2,1-2H3. The number of aryl methyl sites for hydroxylation is 2. The average molecular weight is 469 g/mol. The number of pyridine rings is 1. The molecule has 0 radical (unpaired) electrons. The lowest BCUT2D eigenvalue weighted by atomic mass is 10.1. The van der Waals surface area contributed by atoms with E-state index in [0.29, 0.717) is 13.1 Å². The van der Waals surface area contributed by atoms with Crippen LogP contribution >= 0.6 is 0 Å². The fourth-order valence-corrected chi connectivity index (χ4v) is 4.87. The Bertz CT molecular complexity index is 1670. The van der Waals surface area contributed by atoms with Crippen LogP contribution in [-0.2, 0) is 20.1 Å². The predicted molar refractivity (Wildman–Crippen MR) is 134 cm³/mol. The van der Waals surface area contributed by atoms with Crippen LogP contribution in [0.1, 0.15) is 18.2 Å². The largest absolute Gasteiger partial charge is 0.494 e. The number of halogens is 1. The molecule has 0 fully saturated rings. The van der Waals surface area contributed by atoms with Crippen molar-refractivity contribution in [2.45, 2.75) is 20.0 Å². The molecule has 0 bridgehead atoms. The maximum atomic E-state index is 13.6. The van der Waals surface area contributed by atoms with E-state index in [4.69, 9.17) is 4.99 Å². The van der Waals surface area contributed by atoms with E-state index in [9.17, 15) is 9.50 Å². The minimum Gasteiger partial charge on any atom is -0.494 e. The van der Waals surface area contributed by atoms with Gasteiger partial charge in [-0.25, -0.2) is 4.39 Å². The summed E-state index contributed by atoms with van der Waals surface area (Å²) in [7, 11) is 1.97. The number of aromatic nitrogens is 4. The van der Waals surface area contributed by atoms with Gasteiger partial charge in [0.2, 0.25) is 0 Å². The molecular formula is C27H25FN6O. The van der Waals surface area contributed by atoms with Crippen molar-refractivity contribution in [1.29, 1.82) is 0 Å². The second-order valence-electron chi connectivity index (χ2n) is 8.70. The van der Waals surface area contributed by atoms with Crippen molar-refractivity contribution in [3.8, 4) is 17.1 Å². The first-order chi connectivity index (χ1) is 17.0. The maximum Gasteiger partial charge on any atom is 0.199 e. The molecule has 1 aliphatic heterocycles. The Morgan fingerprint density at radius 2 is 1.94 bits per heavy atom. The third kappa shape index (κ3) is 3.49. The van der Waals surface area contributed by atoms with E-state index in [-0.39, 0.29) is 11.7 Å². The van der Waals surface area contributed by atoms with Gasteiger partial charge in [0.15, 0.2) is 5.88 Å². The molecule has 1 aliphatic carbocycles. The first-order valence-electron chi connectivity index (χ1n) is 11.6. The monoisotopic (exact) mass is 468 g/mol. The highest BCUT2D eigenvalue weighted by Gasteiger charge is 2.25. The Labute approximate surface area is 201 Å². The summed E-state index contributed by atoms with van der Waals surface area (Å²) in [5, 5.41) is 18.2. The molecular weight excluding hydrogens is 443 g/mol. The molecule has 0 saturated carbocycles. The number of fused-ring (bicyclic) bond motifs is 2. The van der Waals surface area contributed by atoms with Gasteiger partial charge in [-0.15, -0.1) is 0 Å². The van der Waals surface area contributed by atoms with Crippen molar-refractivity contribution < 1.29 is 9.50 Å². The van der Waals surface area contributed by atoms with Crippen LogP contribution in [0.5, 0.6) is 5.88 Å². The van der Waals surface area contributed by atoms with Gasteiger partial charge >= 0.3 is 0 Å². The minimum absolute atomic E-state index is 0.115. The Balaban J connectivity index is 1.55. The van der Waals surface area contributed by atoms with E-state index in [1.54, 1.807) is 12.1 Å². The van der Waals surface area contributed by atoms with E-state index in [1.807, 2.05) is 46.9 Å². The van der Waals surface area contributed by atoms with E-state index >= 15 is 0 Å². The average Bonchev–Trinajstić information content (AvgIpc) is 3.40. The third-order valence-electron chi connectivity index (χ3n) is 6.59. The quantitative estimate of drug-likeness (QED) is 0.484. The number of nitrogens with zero attached hydrogens (tertiary/aromatic N) is 5. The normalized spacial score (nSPS) is 14.5. The van der Waals surface area contributed by atoms with Crippen molar-refractivity contribution in [3.05, 3.63) is 87.9 Å². The number of hydrogen-bond donors (Lipinski definition) is 2. The highest BCUT2D eigenvalue weighted by molar-refractivity contribution is 5.90. The van der Waals surface area contributed by atoms with Gasteiger partial charge in [-0.1, -0.05) is 0 Å². The van der Waals surface area contributed by atoms with Gasteiger partial charge in [0.1, 0.15) is 5.82 Å². The first-order valence-corrected chi connectivity index (χ1v) is 11.6. The molecule has 35 heavy (non-hydrogen) atoms. The van der Waals surface area contributed by atoms with Gasteiger partial charge in [0.25, 0.3) is 0 Å². The molecule has 8 heteroatoms. The number of rotatable bonds is 4. The van der Waals surface area contributed by atoms with Crippen LogP contribution in [0.15, 0.2) is 59.9 Å². The molecule has 2 N–H and O–H groups in total. The minimum atomic E-state index is -0.272. The van der Waals surface area contributed by atoms with E-state index in [1.165, 1.54) is 12.1 Å². The van der Waals surface area contributed by atoms with Crippen LogP contribution in [0, 0.1) is 5.82 Å². The highest BCUT2D eigenvalue weighted by atomic mass is 19.1. The Morgan fingerprint density at radius 1 is 1.11 bits per heavy atom. The smallest absolute Gasteiger partial charge is 0.199 e. The van der Waals surface area contributed by atoms with Crippen molar-refractivity contribution in [2.75, 3.05) is 11.4 Å². The number of aromatic amines is 1. The van der Waals surface area contributed by atoms with Gasteiger partial charge in [0.05, 0.1) is 34.6 Å². The van der Waals surface area contributed by atoms with Gasteiger partial charge in [-0.2, -0.15) is 5.10 Å². The fourth-order valence-electron chi connectivity index (χ4n) is 4.87. The summed E-state index contributed by atoms with van der Waals surface area (Å²) in [6.07, 6.45) is 10.1. The molecule has 4 heterocycles. The molecule has 4 aromatic rings. The summed E-state index contributed by atoms with van der Waals surface area (Å²) in [6, 6.07) is 10.4.